The van der Waals surface area contributed by atoms with Crippen LogP contribution in [-0.4, -0.2) is 99.6 Å². The first kappa shape index (κ1) is 91.6. The van der Waals surface area contributed by atoms with Gasteiger partial charge in [0.05, 0.1) is 23.6 Å². The van der Waals surface area contributed by atoms with E-state index in [1.54, 1.807) is 6.07 Å². The third-order valence-corrected chi connectivity index (χ3v) is 19.5. The summed E-state index contributed by atoms with van der Waals surface area (Å²) in [5, 5.41) is 17.1. The van der Waals surface area contributed by atoms with Gasteiger partial charge in [-0.05, 0) is 187 Å². The van der Waals surface area contributed by atoms with Crippen LogP contribution in [0.25, 0.3) is 0 Å². The lowest BCUT2D eigenvalue weighted by Crippen LogP contribution is -2.19. The number of aromatic nitrogens is 8. The highest BCUT2D eigenvalue weighted by Crippen LogP contribution is 2.26. The molecule has 0 spiro atoms. The standard InChI is InChI=1S/2C21H24N4.2C20H23N5.C19H20ClN5/c1-16-8-10-19(11-9-16)23-21-13-18(22)12-20(24-21)15-25(2)14-17-6-4-3-5-7-17;1-16-8-10-19(11-9-16)23-21-13-18(12-20(22)24-21)15-25(2)14-17-6-4-3-5-7-17;1-15-8-10-17(11-9-15)22-19-12-18(21)23-20(24-19)14-25(2)13-16-6-4-3-5-7-16;1-15-8-10-17(11-9-15)22-20-23-18(12-19(21)24-20)14-25(2)13-16-6-4-3-5-7-16;1-25(12-14-5-3-2-4-6-14)13-17-11-18(24-19(21)23-17)22-16-9-7-15(20)8-10-16/h2*3-13H,14-15H2,1-2H3,(H3,22,23,24);2*3-12H,13-14H2,1-2H3,(H3,21,22,23,24);2-11H,12-13H2,1H3,(H3,21,22,23,24). The molecule has 0 saturated heterocycles. The van der Waals surface area contributed by atoms with Gasteiger partial charge in [-0.3, -0.25) is 24.5 Å². The largest absolute Gasteiger partial charge is 0.399 e. The second-order valence-corrected chi connectivity index (χ2v) is 31.7. The third-order valence-electron chi connectivity index (χ3n) is 19.2. The van der Waals surface area contributed by atoms with Crippen molar-refractivity contribution in [3.05, 3.63) is 399 Å². The molecule has 0 aliphatic rings. The van der Waals surface area contributed by atoms with Crippen molar-refractivity contribution >= 4 is 98.3 Å². The van der Waals surface area contributed by atoms with Gasteiger partial charge in [0.1, 0.15) is 46.5 Å². The monoisotopic (exact) mass is 1680 g/mol. The zero-order valence-corrected chi connectivity index (χ0v) is 73.4. The van der Waals surface area contributed by atoms with Crippen molar-refractivity contribution in [1.82, 2.24) is 64.4 Å². The van der Waals surface area contributed by atoms with E-state index >= 15 is 0 Å². The molecule has 0 saturated carbocycles. The van der Waals surface area contributed by atoms with Crippen LogP contribution in [0.15, 0.2) is 315 Å². The van der Waals surface area contributed by atoms with E-state index < -0.39 is 0 Å². The Hall–Kier alpha value is -14.2. The summed E-state index contributed by atoms with van der Waals surface area (Å²) >= 11 is 5.91. The number of rotatable bonds is 30. The maximum Gasteiger partial charge on any atom is 0.229 e. The summed E-state index contributed by atoms with van der Waals surface area (Å²) in [6.07, 6.45) is 0. The van der Waals surface area contributed by atoms with E-state index in [1.165, 1.54) is 50.1 Å². The van der Waals surface area contributed by atoms with Crippen LogP contribution in [0.1, 0.15) is 78.5 Å². The van der Waals surface area contributed by atoms with Crippen LogP contribution < -0.4 is 55.3 Å². The summed E-state index contributed by atoms with van der Waals surface area (Å²) in [4.78, 5) is 46.5. The highest BCUT2D eigenvalue weighted by atomic mass is 35.5. The van der Waals surface area contributed by atoms with Crippen LogP contribution in [0.2, 0.25) is 5.02 Å². The topological polar surface area (TPSA) is 310 Å². The molecule has 10 aromatic carbocycles. The highest BCUT2D eigenvalue weighted by molar-refractivity contribution is 6.30. The van der Waals surface area contributed by atoms with Crippen molar-refractivity contribution in [2.75, 3.05) is 90.5 Å². The van der Waals surface area contributed by atoms with Crippen molar-refractivity contribution in [2.45, 2.75) is 93.1 Å². The maximum atomic E-state index is 6.07. The average Bonchev–Trinajstić information content (AvgIpc) is 0.868. The summed E-state index contributed by atoms with van der Waals surface area (Å²) < 4.78 is 0. The van der Waals surface area contributed by atoms with Gasteiger partial charge in [-0.1, -0.05) is 234 Å². The number of halogens is 1. The molecule has 0 amide bonds. The van der Waals surface area contributed by atoms with Crippen LogP contribution in [0, 0.1) is 27.7 Å². The number of nitrogens with zero attached hydrogens (tertiary/aromatic N) is 13. The van der Waals surface area contributed by atoms with Crippen molar-refractivity contribution in [1.29, 1.82) is 0 Å². The summed E-state index contributed by atoms with van der Waals surface area (Å²) in [5.74, 6) is 5.85. The Bertz CT molecular complexity index is 4910. The van der Waals surface area contributed by atoms with Crippen LogP contribution in [-0.2, 0) is 65.4 Å². The number of anilines is 15. The van der Waals surface area contributed by atoms with Crippen LogP contribution in [0.4, 0.5) is 86.7 Å². The van der Waals surface area contributed by atoms with Gasteiger partial charge in [0.15, 0.2) is 0 Å². The molecule has 0 atom stereocenters. The molecule has 0 aliphatic carbocycles. The van der Waals surface area contributed by atoms with Gasteiger partial charge < -0.3 is 55.3 Å². The highest BCUT2D eigenvalue weighted by Gasteiger charge is 2.14. The number of pyridine rings is 2. The van der Waals surface area contributed by atoms with Crippen LogP contribution in [0.5, 0.6) is 0 Å². The first-order chi connectivity index (χ1) is 60.4. The molecule has 125 heavy (non-hydrogen) atoms. The molecule has 15 aromatic rings. The predicted octanol–water partition coefficient (Wildman–Crippen LogP) is 20.3. The first-order valence-corrected chi connectivity index (χ1v) is 41.7. The van der Waals surface area contributed by atoms with E-state index in [9.17, 15) is 0 Å². The number of hydrogen-bond acceptors (Lipinski definition) is 23. The molecule has 15 N–H and O–H groups in total. The molecule has 640 valence electrons. The summed E-state index contributed by atoms with van der Waals surface area (Å²) in [7, 11) is 10.4. The molecule has 0 bridgehead atoms. The summed E-state index contributed by atoms with van der Waals surface area (Å²) in [6.45, 7) is 16.1. The Kier molecular flexibility index (Phi) is 34.7. The van der Waals surface area contributed by atoms with Crippen molar-refractivity contribution in [3.8, 4) is 0 Å². The Morgan fingerprint density at radius 1 is 0.248 bits per heavy atom. The Balaban J connectivity index is 0.000000152. The van der Waals surface area contributed by atoms with Gasteiger partial charge >= 0.3 is 0 Å². The minimum absolute atomic E-state index is 0.252. The van der Waals surface area contributed by atoms with Crippen molar-refractivity contribution in [2.24, 2.45) is 0 Å². The second kappa shape index (κ2) is 47.3. The minimum atomic E-state index is 0.252. The van der Waals surface area contributed by atoms with Gasteiger partial charge in [0.25, 0.3) is 0 Å². The zero-order valence-electron chi connectivity index (χ0n) is 72.7. The number of nitrogens with two attached hydrogens (primary N) is 5. The molecular formula is C101H114ClN23. The fourth-order valence-corrected chi connectivity index (χ4v) is 13.6. The first-order valence-electron chi connectivity index (χ1n) is 41.3. The number of aryl methyl sites for hydroxylation is 4. The van der Waals surface area contributed by atoms with Crippen LogP contribution >= 0.6 is 11.6 Å². The van der Waals surface area contributed by atoms with Gasteiger partial charge in [-0.15, -0.1) is 0 Å². The number of hydrogen-bond donors (Lipinski definition) is 10. The molecule has 0 fully saturated rings. The average molecular weight is 1690 g/mol. The molecule has 5 heterocycles. The van der Waals surface area contributed by atoms with E-state index in [4.69, 9.17) is 45.3 Å². The molecule has 5 aromatic heterocycles. The maximum absolute atomic E-state index is 6.07. The molecule has 23 nitrogen and oxygen atoms in total. The smallest absolute Gasteiger partial charge is 0.229 e. The number of nitrogen functional groups attached to an aromatic ring is 5. The molecule has 0 radical (unpaired) electrons. The summed E-state index contributed by atoms with van der Waals surface area (Å²) in [5.41, 5.74) is 50.5. The zero-order chi connectivity index (χ0) is 88.2. The fourth-order valence-electron chi connectivity index (χ4n) is 13.4. The van der Waals surface area contributed by atoms with Crippen LogP contribution in [0.3, 0.4) is 0 Å². The lowest BCUT2D eigenvalue weighted by atomic mass is 10.2. The molecule has 0 unspecified atom stereocenters. The van der Waals surface area contributed by atoms with E-state index in [-0.39, 0.29) is 5.95 Å². The van der Waals surface area contributed by atoms with E-state index in [0.717, 1.165) is 109 Å². The predicted molar refractivity (Wildman–Crippen MR) is 517 cm³/mol. The number of nitrogens with one attached hydrogen (secondary N) is 5. The van der Waals surface area contributed by atoms with E-state index in [1.807, 2.05) is 177 Å². The van der Waals surface area contributed by atoms with Gasteiger partial charge in [-0.25, -0.2) is 29.9 Å². The number of benzene rings is 10. The molecule has 0 aliphatic heterocycles. The molecular weight excluding hydrogens is 1570 g/mol. The lowest BCUT2D eigenvalue weighted by molar-refractivity contribution is 0.311. The fraction of sp³-hybridized carbons (Fsp3) is 0.188. The van der Waals surface area contributed by atoms with Crippen molar-refractivity contribution in [3.63, 3.8) is 0 Å². The Morgan fingerprint density at radius 2 is 0.560 bits per heavy atom. The third kappa shape index (κ3) is 33.3. The van der Waals surface area contributed by atoms with Gasteiger partial charge in [0, 0.05) is 122 Å². The van der Waals surface area contributed by atoms with Crippen molar-refractivity contribution < 1.29 is 0 Å². The van der Waals surface area contributed by atoms with Gasteiger partial charge in [-0.2, -0.15) is 9.97 Å². The molecule has 15 rings (SSSR count). The van der Waals surface area contributed by atoms with Gasteiger partial charge in [0.2, 0.25) is 11.9 Å². The Labute approximate surface area is 740 Å². The van der Waals surface area contributed by atoms with E-state index in [0.29, 0.717) is 71.2 Å². The summed E-state index contributed by atoms with van der Waals surface area (Å²) in [6, 6.07) is 105. The SMILES string of the molecule is CN(Cc1ccccc1)Cc1cc(Nc2ccc(Cl)cc2)nc(N)n1.Cc1ccc(Nc2cc(CN(C)Cc3ccccc3)cc(N)n2)cc1.Cc1ccc(Nc2cc(N)cc(CN(C)Cc3ccccc3)n2)cc1.Cc1ccc(Nc2cc(N)nc(CN(C)Cc3ccccc3)n2)cc1.Cc1ccc(Nc2nc(N)cc(CN(C)Cc3ccccc3)n2)cc1. The minimum Gasteiger partial charge on any atom is -0.399 e. The normalized spacial score (nSPS) is 10.8. The quantitative estimate of drug-likeness (QED) is 0.0200. The second-order valence-electron chi connectivity index (χ2n) is 31.3. The molecule has 24 heteroatoms. The Morgan fingerprint density at radius 3 is 0.968 bits per heavy atom. The van der Waals surface area contributed by atoms with E-state index in [2.05, 4.69) is 281 Å². The lowest BCUT2D eigenvalue weighted by Gasteiger charge is -2.18.